The normalized spacial score (nSPS) is 11.7. The summed E-state index contributed by atoms with van der Waals surface area (Å²) in [5.41, 5.74) is 4.50. The lowest BCUT2D eigenvalue weighted by molar-refractivity contribution is -0.116. The summed E-state index contributed by atoms with van der Waals surface area (Å²) in [7, 11) is 0. The van der Waals surface area contributed by atoms with Gasteiger partial charge in [-0.05, 0) is 76.9 Å². The highest BCUT2D eigenvalue weighted by Gasteiger charge is 2.24. The Morgan fingerprint density at radius 2 is 1.31 bits per heavy atom. The third-order valence-electron chi connectivity index (χ3n) is 7.73. The van der Waals surface area contributed by atoms with E-state index in [1.807, 2.05) is 97.1 Å². The van der Waals surface area contributed by atoms with E-state index in [0.29, 0.717) is 20.6 Å². The number of nitrogens with one attached hydrogen (secondary N) is 3. The zero-order valence-corrected chi connectivity index (χ0v) is 29.5. The molecule has 252 valence electrons. The van der Waals surface area contributed by atoms with Gasteiger partial charge in [-0.25, -0.2) is 4.39 Å². The Labute approximate surface area is 308 Å². The number of amides is 3. The molecule has 0 aliphatic carbocycles. The highest BCUT2D eigenvalue weighted by molar-refractivity contribution is 9.10. The number of benzene rings is 6. The average Bonchev–Trinajstić information content (AvgIpc) is 3.16. The number of hydrogen-bond donors (Lipinski definition) is 3. The Balaban J connectivity index is 1.24. The van der Waals surface area contributed by atoms with Gasteiger partial charge in [0, 0.05) is 20.6 Å². The molecule has 3 amide bonds. The van der Waals surface area contributed by atoms with Crippen molar-refractivity contribution >= 4 is 62.9 Å². The van der Waals surface area contributed by atoms with Crippen LogP contribution >= 0.6 is 27.7 Å². The topological polar surface area (TPSA) is 87.3 Å². The number of hydrogen-bond acceptors (Lipinski definition) is 4. The number of anilines is 2. The van der Waals surface area contributed by atoms with Crippen molar-refractivity contribution in [2.24, 2.45) is 0 Å². The van der Waals surface area contributed by atoms with E-state index in [0.717, 1.165) is 22.3 Å². The fourth-order valence-electron chi connectivity index (χ4n) is 5.18. The molecule has 6 nitrogen and oxygen atoms in total. The van der Waals surface area contributed by atoms with Crippen LogP contribution in [-0.4, -0.2) is 17.7 Å². The van der Waals surface area contributed by atoms with E-state index in [2.05, 4.69) is 31.9 Å². The van der Waals surface area contributed by atoms with Crippen molar-refractivity contribution in [1.82, 2.24) is 5.32 Å². The molecule has 9 heteroatoms. The van der Waals surface area contributed by atoms with Crippen LogP contribution in [0.4, 0.5) is 15.8 Å². The fourth-order valence-corrected chi connectivity index (χ4v) is 6.60. The summed E-state index contributed by atoms with van der Waals surface area (Å²) >= 11 is 4.50. The predicted molar refractivity (Wildman–Crippen MR) is 207 cm³/mol. The Morgan fingerprint density at radius 3 is 2.00 bits per heavy atom. The molecule has 1 unspecified atom stereocenters. The van der Waals surface area contributed by atoms with Gasteiger partial charge in [0.15, 0.2) is 0 Å². The Hall–Kier alpha value is -5.77. The van der Waals surface area contributed by atoms with Crippen molar-refractivity contribution in [3.05, 3.63) is 190 Å². The van der Waals surface area contributed by atoms with Gasteiger partial charge < -0.3 is 16.0 Å². The molecule has 0 bridgehead atoms. The van der Waals surface area contributed by atoms with Gasteiger partial charge in [0.1, 0.15) is 16.8 Å². The van der Waals surface area contributed by atoms with E-state index < -0.39 is 28.8 Å². The van der Waals surface area contributed by atoms with E-state index in [4.69, 9.17) is 0 Å². The minimum absolute atomic E-state index is 0.0486. The first-order valence-electron chi connectivity index (χ1n) is 15.9. The molecule has 6 aromatic rings. The Bertz CT molecular complexity index is 2180. The molecule has 0 aliphatic heterocycles. The molecule has 0 heterocycles. The third kappa shape index (κ3) is 9.48. The second-order valence-electron chi connectivity index (χ2n) is 11.4. The second kappa shape index (κ2) is 16.8. The smallest absolute Gasteiger partial charge is 0.272 e. The van der Waals surface area contributed by atoms with Crippen LogP contribution < -0.4 is 16.0 Å². The highest BCUT2D eigenvalue weighted by Crippen LogP contribution is 2.37. The maximum absolute atomic E-state index is 14.6. The first kappa shape index (κ1) is 35.1. The van der Waals surface area contributed by atoms with Gasteiger partial charge in [0.2, 0.25) is 5.91 Å². The summed E-state index contributed by atoms with van der Waals surface area (Å²) in [5.74, 6) is -1.93. The molecular weight excluding hydrogens is 725 g/mol. The predicted octanol–water partition coefficient (Wildman–Crippen LogP) is 10.1. The van der Waals surface area contributed by atoms with Crippen LogP contribution in [0.15, 0.2) is 173 Å². The van der Waals surface area contributed by atoms with Crippen molar-refractivity contribution < 1.29 is 18.8 Å². The second-order valence-corrected chi connectivity index (χ2v) is 13.5. The SMILES string of the molecule is O=C(Nc1cccc(SC(C(=O)Nc2ccc(Br)cc2F)c2ccccc2)c1)/C(=C\c1ccc(-c2ccccc2)cc1)NC(=O)c1ccccc1. The van der Waals surface area contributed by atoms with Crippen LogP contribution in [0.1, 0.15) is 26.7 Å². The highest BCUT2D eigenvalue weighted by atomic mass is 79.9. The van der Waals surface area contributed by atoms with Crippen LogP contribution in [0.5, 0.6) is 0 Å². The summed E-state index contributed by atoms with van der Waals surface area (Å²) in [5, 5.41) is 7.66. The van der Waals surface area contributed by atoms with Crippen molar-refractivity contribution in [2.75, 3.05) is 10.6 Å². The Kier molecular flexibility index (Phi) is 11.5. The molecule has 0 saturated heterocycles. The van der Waals surface area contributed by atoms with E-state index in [-0.39, 0.29) is 11.4 Å². The molecule has 1 atom stereocenters. The molecule has 3 N–H and O–H groups in total. The molecule has 6 aromatic carbocycles. The lowest BCUT2D eigenvalue weighted by Gasteiger charge is -2.18. The van der Waals surface area contributed by atoms with Gasteiger partial charge in [0.25, 0.3) is 11.8 Å². The van der Waals surface area contributed by atoms with Gasteiger partial charge in [-0.3, -0.25) is 14.4 Å². The maximum atomic E-state index is 14.6. The molecule has 0 radical (unpaired) electrons. The van der Waals surface area contributed by atoms with Gasteiger partial charge in [0.05, 0.1) is 5.69 Å². The molecule has 0 saturated carbocycles. The molecule has 0 aromatic heterocycles. The van der Waals surface area contributed by atoms with Crippen LogP contribution in [0.3, 0.4) is 0 Å². The molecule has 6 rings (SSSR count). The van der Waals surface area contributed by atoms with E-state index in [1.165, 1.54) is 23.9 Å². The first-order valence-corrected chi connectivity index (χ1v) is 17.6. The van der Waals surface area contributed by atoms with Gasteiger partial charge >= 0.3 is 0 Å². The van der Waals surface area contributed by atoms with Gasteiger partial charge in [-0.1, -0.05) is 125 Å². The number of carbonyl (C=O) groups is 3. The molecule has 0 aliphatic rings. The maximum Gasteiger partial charge on any atom is 0.272 e. The zero-order chi connectivity index (χ0) is 35.6. The van der Waals surface area contributed by atoms with Crippen LogP contribution in [0.2, 0.25) is 0 Å². The monoisotopic (exact) mass is 755 g/mol. The summed E-state index contributed by atoms with van der Waals surface area (Å²) in [6, 6.07) is 47.0. The molecule has 51 heavy (non-hydrogen) atoms. The lowest BCUT2D eigenvalue weighted by Crippen LogP contribution is -2.30. The molecule has 0 fully saturated rings. The van der Waals surface area contributed by atoms with Crippen molar-refractivity contribution in [3.8, 4) is 11.1 Å². The fraction of sp³-hybridized carbons (Fsp3) is 0.0238. The largest absolute Gasteiger partial charge is 0.322 e. The Morgan fingerprint density at radius 1 is 0.667 bits per heavy atom. The summed E-state index contributed by atoms with van der Waals surface area (Å²) in [6.07, 6.45) is 1.63. The summed E-state index contributed by atoms with van der Waals surface area (Å²) < 4.78 is 15.2. The minimum atomic E-state index is -0.736. The lowest BCUT2D eigenvalue weighted by atomic mass is 10.0. The van der Waals surface area contributed by atoms with Crippen LogP contribution in [-0.2, 0) is 9.59 Å². The summed E-state index contributed by atoms with van der Waals surface area (Å²) in [4.78, 5) is 41.2. The number of halogens is 2. The molecule has 0 spiro atoms. The number of carbonyl (C=O) groups excluding carboxylic acids is 3. The summed E-state index contributed by atoms with van der Waals surface area (Å²) in [6.45, 7) is 0. The minimum Gasteiger partial charge on any atom is -0.322 e. The van der Waals surface area contributed by atoms with E-state index in [1.54, 1.807) is 54.6 Å². The van der Waals surface area contributed by atoms with Crippen molar-refractivity contribution in [3.63, 3.8) is 0 Å². The number of rotatable bonds is 11. The van der Waals surface area contributed by atoms with Gasteiger partial charge in [-0.2, -0.15) is 0 Å². The van der Waals surface area contributed by atoms with Gasteiger partial charge in [-0.15, -0.1) is 11.8 Å². The average molecular weight is 757 g/mol. The standard InChI is InChI=1S/C42H31BrFN3O3S/c43-33-23-24-37(36(44)26-33)46-42(50)39(31-13-6-2-7-14-31)51-35-18-10-17-34(27-35)45-41(49)38(47-40(48)32-15-8-3-9-16-32)25-28-19-21-30(22-20-28)29-11-4-1-5-12-29/h1-27,39H,(H,45,49)(H,46,50)(H,47,48)/b38-25+. The van der Waals surface area contributed by atoms with E-state index >= 15 is 0 Å². The third-order valence-corrected chi connectivity index (χ3v) is 9.47. The van der Waals surface area contributed by atoms with E-state index in [9.17, 15) is 18.8 Å². The first-order chi connectivity index (χ1) is 24.8. The van der Waals surface area contributed by atoms with Crippen LogP contribution in [0, 0.1) is 5.82 Å². The van der Waals surface area contributed by atoms with Crippen molar-refractivity contribution in [1.29, 1.82) is 0 Å². The quantitative estimate of drug-likeness (QED) is 0.0908. The zero-order valence-electron chi connectivity index (χ0n) is 27.1. The van der Waals surface area contributed by atoms with Crippen molar-refractivity contribution in [2.45, 2.75) is 10.1 Å². The number of thioether (sulfide) groups is 1. The van der Waals surface area contributed by atoms with Crippen LogP contribution in [0.25, 0.3) is 17.2 Å². The molecular formula is C42H31BrFN3O3S.